The van der Waals surface area contributed by atoms with Crippen molar-refractivity contribution in [3.8, 4) is 0 Å². The summed E-state index contributed by atoms with van der Waals surface area (Å²) in [4.78, 5) is 13.9. The molecule has 1 aromatic heterocycles. The third-order valence-electron chi connectivity index (χ3n) is 3.86. The molecule has 0 spiro atoms. The fourth-order valence-electron chi connectivity index (χ4n) is 2.32. The van der Waals surface area contributed by atoms with Gasteiger partial charge in [-0.3, -0.25) is 9.69 Å². The van der Waals surface area contributed by atoms with E-state index in [0.717, 1.165) is 10.2 Å². The van der Waals surface area contributed by atoms with Gasteiger partial charge in [0.05, 0.1) is 10.3 Å². The number of carbonyl (C=O) groups is 1. The van der Waals surface area contributed by atoms with Crippen molar-refractivity contribution >= 4 is 43.2 Å². The predicted molar refractivity (Wildman–Crippen MR) is 95.1 cm³/mol. The van der Waals surface area contributed by atoms with Crippen molar-refractivity contribution in [2.24, 2.45) is 0 Å². The Labute approximate surface area is 150 Å². The van der Waals surface area contributed by atoms with Crippen LogP contribution < -0.4 is 5.32 Å². The number of amides is 1. The Morgan fingerprint density at radius 1 is 1.35 bits per heavy atom. The first-order chi connectivity index (χ1) is 10.8. The number of nitrogens with one attached hydrogen (secondary N) is 1. The van der Waals surface area contributed by atoms with Crippen LogP contribution in [0.3, 0.4) is 0 Å². The molecule has 1 aliphatic heterocycles. The molecule has 130 valence electrons. The Bertz CT molecular complexity index is 639. The molecule has 23 heavy (non-hydrogen) atoms. The normalized spacial score (nSPS) is 18.7. The second-order valence-electron chi connectivity index (χ2n) is 5.62. The molecule has 1 unspecified atom stereocenters. The van der Waals surface area contributed by atoms with Gasteiger partial charge in [0.25, 0.3) is 10.0 Å². The summed E-state index contributed by atoms with van der Waals surface area (Å²) in [7, 11) is -3.42. The monoisotopic (exact) mass is 423 g/mol. The quantitative estimate of drug-likeness (QED) is 0.755. The highest BCUT2D eigenvalue weighted by Crippen LogP contribution is 2.28. The molecule has 1 N–H and O–H groups in total. The maximum atomic E-state index is 12.5. The Hall–Kier alpha value is -0.480. The molecule has 1 aliphatic rings. The summed E-state index contributed by atoms with van der Waals surface area (Å²) in [6.07, 6.45) is 0.897. The molecule has 0 saturated carbocycles. The fraction of sp³-hybridized carbons (Fsp3) is 0.643. The van der Waals surface area contributed by atoms with E-state index < -0.39 is 10.0 Å². The van der Waals surface area contributed by atoms with Crippen molar-refractivity contribution in [1.29, 1.82) is 0 Å². The summed E-state index contributed by atoms with van der Waals surface area (Å²) in [6.45, 7) is 6.28. The maximum absolute atomic E-state index is 12.5. The summed E-state index contributed by atoms with van der Waals surface area (Å²) in [6, 6.07) is 3.53. The van der Waals surface area contributed by atoms with E-state index in [1.54, 1.807) is 12.1 Å². The molecular weight excluding hydrogens is 402 g/mol. The highest BCUT2D eigenvalue weighted by atomic mass is 79.9. The minimum atomic E-state index is -3.42. The van der Waals surface area contributed by atoms with Gasteiger partial charge in [0.1, 0.15) is 4.21 Å². The van der Waals surface area contributed by atoms with Crippen molar-refractivity contribution < 1.29 is 13.2 Å². The van der Waals surface area contributed by atoms with E-state index in [2.05, 4.69) is 21.2 Å². The van der Waals surface area contributed by atoms with Gasteiger partial charge in [-0.15, -0.1) is 11.3 Å². The number of rotatable bonds is 6. The second-order valence-corrected chi connectivity index (χ2v) is 10.2. The number of piperazine rings is 1. The summed E-state index contributed by atoms with van der Waals surface area (Å²) >= 11 is 4.51. The van der Waals surface area contributed by atoms with Gasteiger partial charge in [-0.1, -0.05) is 6.92 Å². The van der Waals surface area contributed by atoms with E-state index in [1.807, 2.05) is 18.7 Å². The third-order valence-corrected chi connectivity index (χ3v) is 7.85. The predicted octanol–water partition coefficient (Wildman–Crippen LogP) is 1.73. The molecule has 1 fully saturated rings. The average molecular weight is 424 g/mol. The van der Waals surface area contributed by atoms with Crippen LogP contribution >= 0.6 is 27.3 Å². The molecule has 0 radical (unpaired) electrons. The lowest BCUT2D eigenvalue weighted by Crippen LogP contribution is -2.51. The smallest absolute Gasteiger partial charge is 0.252 e. The van der Waals surface area contributed by atoms with Crippen LogP contribution in [0.4, 0.5) is 0 Å². The molecule has 1 saturated heterocycles. The van der Waals surface area contributed by atoms with Crippen molar-refractivity contribution in [1.82, 2.24) is 14.5 Å². The van der Waals surface area contributed by atoms with Crippen LogP contribution in [0.25, 0.3) is 0 Å². The van der Waals surface area contributed by atoms with Gasteiger partial charge < -0.3 is 5.32 Å². The zero-order valence-corrected chi connectivity index (χ0v) is 16.5. The van der Waals surface area contributed by atoms with Crippen LogP contribution in [0.15, 0.2) is 20.1 Å². The molecule has 6 nitrogen and oxygen atoms in total. The summed E-state index contributed by atoms with van der Waals surface area (Å²) in [5, 5.41) is 2.93. The van der Waals surface area contributed by atoms with Gasteiger partial charge in [-0.2, -0.15) is 4.31 Å². The number of hydrogen-bond donors (Lipinski definition) is 1. The zero-order valence-electron chi connectivity index (χ0n) is 13.3. The lowest BCUT2D eigenvalue weighted by atomic mass is 10.2. The molecule has 9 heteroatoms. The Kier molecular flexibility index (Phi) is 6.61. The van der Waals surface area contributed by atoms with E-state index in [9.17, 15) is 13.2 Å². The van der Waals surface area contributed by atoms with Crippen molar-refractivity contribution in [3.05, 3.63) is 15.9 Å². The Balaban J connectivity index is 1.87. The number of halogens is 1. The van der Waals surface area contributed by atoms with E-state index in [4.69, 9.17) is 0 Å². The lowest BCUT2D eigenvalue weighted by Gasteiger charge is -2.33. The molecule has 2 rings (SSSR count). The second kappa shape index (κ2) is 8.06. The molecule has 0 bridgehead atoms. The van der Waals surface area contributed by atoms with Crippen LogP contribution in [0.2, 0.25) is 0 Å². The first-order valence-electron chi connectivity index (χ1n) is 7.60. The number of thiophene rings is 1. The van der Waals surface area contributed by atoms with Gasteiger partial charge in [0.2, 0.25) is 5.91 Å². The zero-order chi connectivity index (χ0) is 17.0. The van der Waals surface area contributed by atoms with Gasteiger partial charge in [0, 0.05) is 32.2 Å². The molecule has 0 aromatic carbocycles. The Morgan fingerprint density at radius 3 is 2.52 bits per heavy atom. The van der Waals surface area contributed by atoms with E-state index in [1.165, 1.54) is 15.6 Å². The molecule has 1 aromatic rings. The molecular formula is C14H22BrN3O3S2. The minimum Gasteiger partial charge on any atom is -0.353 e. The standard InChI is InChI=1S/C14H22BrN3O3S2/c1-3-11(2)16-13(19)10-17-6-8-18(9-7-17)23(20,21)14-5-4-12(15)22-14/h4-5,11H,3,6-10H2,1-2H3,(H,16,19). The summed E-state index contributed by atoms with van der Waals surface area (Å²) in [5.41, 5.74) is 0. The van der Waals surface area contributed by atoms with Crippen molar-refractivity contribution in [2.75, 3.05) is 32.7 Å². The van der Waals surface area contributed by atoms with E-state index >= 15 is 0 Å². The van der Waals surface area contributed by atoms with Crippen LogP contribution in [0.5, 0.6) is 0 Å². The van der Waals surface area contributed by atoms with Crippen LogP contribution in [-0.2, 0) is 14.8 Å². The third kappa shape index (κ3) is 4.99. The minimum absolute atomic E-state index is 0.00200. The SMILES string of the molecule is CCC(C)NC(=O)CN1CCN(S(=O)(=O)c2ccc(Br)s2)CC1. The van der Waals surface area contributed by atoms with Gasteiger partial charge >= 0.3 is 0 Å². The largest absolute Gasteiger partial charge is 0.353 e. The molecule has 0 aliphatic carbocycles. The lowest BCUT2D eigenvalue weighted by molar-refractivity contribution is -0.123. The Morgan fingerprint density at radius 2 is 2.00 bits per heavy atom. The molecule has 1 atom stereocenters. The summed E-state index contributed by atoms with van der Waals surface area (Å²) in [5.74, 6) is -0.00200. The van der Waals surface area contributed by atoms with Gasteiger partial charge in [0.15, 0.2) is 0 Å². The summed E-state index contributed by atoms with van der Waals surface area (Å²) < 4.78 is 27.7. The van der Waals surface area contributed by atoms with Crippen LogP contribution in [0, 0.1) is 0 Å². The fourth-order valence-corrected chi connectivity index (χ4v) is 5.90. The highest BCUT2D eigenvalue weighted by Gasteiger charge is 2.30. The van der Waals surface area contributed by atoms with Gasteiger partial charge in [-0.25, -0.2) is 8.42 Å². The first-order valence-corrected chi connectivity index (χ1v) is 10.6. The van der Waals surface area contributed by atoms with Crippen molar-refractivity contribution in [3.63, 3.8) is 0 Å². The van der Waals surface area contributed by atoms with E-state index in [-0.39, 0.29) is 11.9 Å². The van der Waals surface area contributed by atoms with Crippen LogP contribution in [-0.4, -0.2) is 62.3 Å². The number of nitrogens with zero attached hydrogens (tertiary/aromatic N) is 2. The highest BCUT2D eigenvalue weighted by molar-refractivity contribution is 9.11. The molecule has 1 amide bonds. The topological polar surface area (TPSA) is 69.7 Å². The average Bonchev–Trinajstić information content (AvgIpc) is 2.95. The van der Waals surface area contributed by atoms with Crippen molar-refractivity contribution in [2.45, 2.75) is 30.5 Å². The first kappa shape index (κ1) is 18.9. The van der Waals surface area contributed by atoms with Crippen LogP contribution in [0.1, 0.15) is 20.3 Å². The molecule has 2 heterocycles. The number of carbonyl (C=O) groups excluding carboxylic acids is 1. The van der Waals surface area contributed by atoms with E-state index in [0.29, 0.717) is 36.9 Å². The number of hydrogen-bond acceptors (Lipinski definition) is 5. The number of sulfonamides is 1. The van der Waals surface area contributed by atoms with Gasteiger partial charge in [-0.05, 0) is 41.4 Å². The maximum Gasteiger partial charge on any atom is 0.252 e.